The lowest BCUT2D eigenvalue weighted by Gasteiger charge is -2.26. The van der Waals surface area contributed by atoms with Gasteiger partial charge in [0.1, 0.15) is 0 Å². The Labute approximate surface area is 105 Å². The van der Waals surface area contributed by atoms with Gasteiger partial charge in [-0.25, -0.2) is 5.32 Å². The van der Waals surface area contributed by atoms with E-state index in [1.807, 2.05) is 0 Å². The average molecular weight is 257 g/mol. The molecule has 2 nitrogen and oxygen atoms in total. The van der Waals surface area contributed by atoms with Crippen molar-refractivity contribution in [1.82, 2.24) is 10.2 Å². The number of piperazine rings is 1. The number of hydrogen-bond donors (Lipinski definition) is 0. The number of halogens is 3. The largest absolute Gasteiger partial charge is 0.416 e. The standard InChI is InChI=1S/C13H16F3N2/c14-13(15,16)12-4-2-1-3-11(12)5-8-18-9-6-17-7-10-18/h1-4H,5-10H2. The van der Waals surface area contributed by atoms with Crippen LogP contribution in [0.15, 0.2) is 24.3 Å². The summed E-state index contributed by atoms with van der Waals surface area (Å²) in [7, 11) is 0. The third-order valence-electron chi connectivity index (χ3n) is 3.17. The Morgan fingerprint density at radius 3 is 2.44 bits per heavy atom. The van der Waals surface area contributed by atoms with E-state index < -0.39 is 11.7 Å². The number of hydrogen-bond acceptors (Lipinski definition) is 1. The molecular formula is C13H16F3N2. The maximum atomic E-state index is 12.8. The van der Waals surface area contributed by atoms with E-state index in [-0.39, 0.29) is 0 Å². The smallest absolute Gasteiger partial charge is 0.300 e. The lowest BCUT2D eigenvalue weighted by Crippen LogP contribution is -2.41. The first kappa shape index (κ1) is 13.4. The fraction of sp³-hybridized carbons (Fsp3) is 0.538. The quantitative estimate of drug-likeness (QED) is 0.811. The minimum Gasteiger partial charge on any atom is -0.300 e. The van der Waals surface area contributed by atoms with Crippen LogP contribution in [-0.2, 0) is 12.6 Å². The summed E-state index contributed by atoms with van der Waals surface area (Å²) in [6, 6.07) is 5.82. The highest BCUT2D eigenvalue weighted by Gasteiger charge is 2.32. The Balaban J connectivity index is 2.00. The molecule has 0 atom stereocenters. The molecule has 1 saturated heterocycles. The third-order valence-corrected chi connectivity index (χ3v) is 3.17. The van der Waals surface area contributed by atoms with Crippen LogP contribution in [0.2, 0.25) is 0 Å². The summed E-state index contributed by atoms with van der Waals surface area (Å²) in [4.78, 5) is 2.17. The van der Waals surface area contributed by atoms with Crippen molar-refractivity contribution in [1.29, 1.82) is 0 Å². The van der Waals surface area contributed by atoms with E-state index in [2.05, 4.69) is 10.2 Å². The van der Waals surface area contributed by atoms with Gasteiger partial charge in [-0.2, -0.15) is 13.2 Å². The first-order chi connectivity index (χ1) is 8.57. The minimum atomic E-state index is -4.26. The normalized spacial score (nSPS) is 17.9. The van der Waals surface area contributed by atoms with Gasteiger partial charge in [-0.15, -0.1) is 0 Å². The molecule has 0 amide bonds. The molecule has 1 aromatic rings. The van der Waals surface area contributed by atoms with Gasteiger partial charge in [-0.3, -0.25) is 0 Å². The fourth-order valence-corrected chi connectivity index (χ4v) is 2.16. The molecule has 0 aliphatic carbocycles. The molecule has 1 heterocycles. The van der Waals surface area contributed by atoms with E-state index in [0.29, 0.717) is 18.5 Å². The molecule has 0 aromatic heterocycles. The highest BCUT2D eigenvalue weighted by molar-refractivity contribution is 5.29. The summed E-state index contributed by atoms with van der Waals surface area (Å²) in [6.45, 7) is 3.97. The van der Waals surface area contributed by atoms with Crippen molar-refractivity contribution in [2.24, 2.45) is 0 Å². The Kier molecular flexibility index (Phi) is 4.24. The monoisotopic (exact) mass is 257 g/mol. The molecule has 1 radical (unpaired) electrons. The van der Waals surface area contributed by atoms with Crippen LogP contribution in [0.3, 0.4) is 0 Å². The van der Waals surface area contributed by atoms with Crippen molar-refractivity contribution in [2.45, 2.75) is 12.6 Å². The molecule has 1 aliphatic heterocycles. The zero-order chi connectivity index (χ0) is 13.0. The molecule has 0 bridgehead atoms. The molecule has 5 heteroatoms. The summed E-state index contributed by atoms with van der Waals surface area (Å²) in [5.74, 6) is 0. The summed E-state index contributed by atoms with van der Waals surface area (Å²) >= 11 is 0. The van der Waals surface area contributed by atoms with E-state index in [1.165, 1.54) is 6.07 Å². The Hall–Kier alpha value is -1.07. The van der Waals surface area contributed by atoms with Crippen LogP contribution in [0, 0.1) is 0 Å². The molecule has 0 N–H and O–H groups in total. The maximum absolute atomic E-state index is 12.8. The van der Waals surface area contributed by atoms with Crippen LogP contribution in [0.1, 0.15) is 11.1 Å². The molecule has 0 saturated carbocycles. The Bertz CT molecular complexity index is 384. The van der Waals surface area contributed by atoms with Gasteiger partial charge < -0.3 is 4.90 Å². The van der Waals surface area contributed by atoms with Crippen LogP contribution < -0.4 is 5.32 Å². The van der Waals surface area contributed by atoms with Crippen LogP contribution in [0.25, 0.3) is 0 Å². The molecule has 18 heavy (non-hydrogen) atoms. The van der Waals surface area contributed by atoms with Gasteiger partial charge in [0, 0.05) is 32.7 Å². The van der Waals surface area contributed by atoms with Crippen LogP contribution in [-0.4, -0.2) is 37.6 Å². The molecular weight excluding hydrogens is 241 g/mol. The topological polar surface area (TPSA) is 17.3 Å². The third kappa shape index (κ3) is 3.46. The molecule has 1 fully saturated rings. The number of rotatable bonds is 3. The van der Waals surface area contributed by atoms with Gasteiger partial charge in [-0.1, -0.05) is 18.2 Å². The van der Waals surface area contributed by atoms with Crippen molar-refractivity contribution >= 4 is 0 Å². The predicted molar refractivity (Wildman–Crippen MR) is 63.5 cm³/mol. The second-order valence-electron chi connectivity index (χ2n) is 4.42. The van der Waals surface area contributed by atoms with E-state index in [4.69, 9.17) is 0 Å². The molecule has 0 unspecified atom stereocenters. The van der Waals surface area contributed by atoms with Gasteiger partial charge in [-0.05, 0) is 18.1 Å². The molecule has 1 aliphatic rings. The van der Waals surface area contributed by atoms with Crippen LogP contribution in [0.4, 0.5) is 13.2 Å². The van der Waals surface area contributed by atoms with Gasteiger partial charge >= 0.3 is 6.18 Å². The van der Waals surface area contributed by atoms with E-state index >= 15 is 0 Å². The molecule has 99 valence electrons. The SMILES string of the molecule is FC(F)(F)c1ccccc1CCN1CC[N]CC1. The lowest BCUT2D eigenvalue weighted by atomic mass is 10.0. The number of alkyl halides is 3. The van der Waals surface area contributed by atoms with Crippen molar-refractivity contribution < 1.29 is 13.2 Å². The van der Waals surface area contributed by atoms with Crippen LogP contribution in [0.5, 0.6) is 0 Å². The van der Waals surface area contributed by atoms with Crippen molar-refractivity contribution in [2.75, 3.05) is 32.7 Å². The summed E-state index contributed by atoms with van der Waals surface area (Å²) in [5.41, 5.74) is -0.126. The maximum Gasteiger partial charge on any atom is 0.416 e. The van der Waals surface area contributed by atoms with E-state index in [0.717, 1.165) is 32.2 Å². The average Bonchev–Trinajstić information content (AvgIpc) is 2.37. The second-order valence-corrected chi connectivity index (χ2v) is 4.42. The van der Waals surface area contributed by atoms with Crippen LogP contribution >= 0.6 is 0 Å². The van der Waals surface area contributed by atoms with Crippen molar-refractivity contribution in [3.05, 3.63) is 35.4 Å². The van der Waals surface area contributed by atoms with Gasteiger partial charge in [0.15, 0.2) is 0 Å². The zero-order valence-corrected chi connectivity index (χ0v) is 10.1. The first-order valence-corrected chi connectivity index (χ1v) is 6.08. The fourth-order valence-electron chi connectivity index (χ4n) is 2.16. The van der Waals surface area contributed by atoms with E-state index in [1.54, 1.807) is 12.1 Å². The number of benzene rings is 1. The Morgan fingerprint density at radius 1 is 1.11 bits per heavy atom. The first-order valence-electron chi connectivity index (χ1n) is 6.08. The summed E-state index contributed by atoms with van der Waals surface area (Å²) in [5, 5.41) is 4.22. The molecule has 1 aromatic carbocycles. The zero-order valence-electron chi connectivity index (χ0n) is 10.1. The second kappa shape index (κ2) is 5.71. The molecule has 2 rings (SSSR count). The predicted octanol–water partition coefficient (Wildman–Crippen LogP) is 2.17. The molecule has 0 spiro atoms. The Morgan fingerprint density at radius 2 is 1.78 bits per heavy atom. The van der Waals surface area contributed by atoms with Gasteiger partial charge in [0.2, 0.25) is 0 Å². The minimum absolute atomic E-state index is 0.382. The van der Waals surface area contributed by atoms with Gasteiger partial charge in [0.25, 0.3) is 0 Å². The highest BCUT2D eigenvalue weighted by Crippen LogP contribution is 2.32. The lowest BCUT2D eigenvalue weighted by molar-refractivity contribution is -0.138. The summed E-state index contributed by atoms with van der Waals surface area (Å²) < 4.78 is 38.4. The van der Waals surface area contributed by atoms with Gasteiger partial charge in [0.05, 0.1) is 5.56 Å². The van der Waals surface area contributed by atoms with Crippen molar-refractivity contribution in [3.8, 4) is 0 Å². The van der Waals surface area contributed by atoms with Crippen molar-refractivity contribution in [3.63, 3.8) is 0 Å². The highest BCUT2D eigenvalue weighted by atomic mass is 19.4. The number of nitrogens with zero attached hydrogens (tertiary/aromatic N) is 2. The van der Waals surface area contributed by atoms with E-state index in [9.17, 15) is 13.2 Å². The summed E-state index contributed by atoms with van der Waals surface area (Å²) in [6.07, 6.45) is -3.82.